The number of halogens is 1. The summed E-state index contributed by atoms with van der Waals surface area (Å²) in [4.78, 5) is 16.5. The molecule has 6 heteroatoms. The maximum Gasteiger partial charge on any atom is 0.169 e. The zero-order chi connectivity index (χ0) is 11.7. The molecule has 1 aromatic carbocycles. The Kier molecular flexibility index (Phi) is 2.45. The van der Waals surface area contributed by atoms with Crippen molar-refractivity contribution in [2.45, 2.75) is 6.04 Å². The summed E-state index contributed by atoms with van der Waals surface area (Å²) in [5.74, 6) is 1.38. The highest BCUT2D eigenvalue weighted by Gasteiger charge is 2.26. The minimum atomic E-state index is -0.212. The lowest BCUT2D eigenvalue weighted by molar-refractivity contribution is 1.13. The average Bonchev–Trinajstić information content (AvgIpc) is 2.81. The van der Waals surface area contributed by atoms with Crippen molar-refractivity contribution in [1.82, 2.24) is 0 Å². The van der Waals surface area contributed by atoms with Crippen molar-refractivity contribution in [1.29, 1.82) is 0 Å². The van der Waals surface area contributed by atoms with Crippen LogP contribution in [-0.4, -0.2) is 30.4 Å². The zero-order valence-electron chi connectivity index (χ0n) is 8.71. The van der Waals surface area contributed by atoms with Crippen molar-refractivity contribution < 1.29 is 0 Å². The lowest BCUT2D eigenvalue weighted by atomic mass is 10.2. The Morgan fingerprint density at radius 2 is 1.88 bits per heavy atom. The maximum atomic E-state index is 5.82. The molecule has 0 saturated carbocycles. The number of hydrogen-bond donors (Lipinski definition) is 1. The van der Waals surface area contributed by atoms with Gasteiger partial charge >= 0.3 is 0 Å². The second-order valence-corrected chi connectivity index (χ2v) is 3.98. The van der Waals surface area contributed by atoms with E-state index in [9.17, 15) is 0 Å². The number of amidine groups is 2. The van der Waals surface area contributed by atoms with Gasteiger partial charge in [-0.15, -0.1) is 0 Å². The van der Waals surface area contributed by atoms with Gasteiger partial charge in [-0.05, 0) is 24.3 Å². The molecule has 84 valence electrons. The molecule has 0 amide bonds. The van der Waals surface area contributed by atoms with Gasteiger partial charge in [0.25, 0.3) is 0 Å². The number of rotatable bonds is 1. The van der Waals surface area contributed by atoms with Crippen LogP contribution in [0.15, 0.2) is 44.2 Å². The highest BCUT2D eigenvalue weighted by molar-refractivity contribution is 6.30. The maximum absolute atomic E-state index is 5.82. The van der Waals surface area contributed by atoms with Gasteiger partial charge in [0, 0.05) is 10.7 Å². The van der Waals surface area contributed by atoms with E-state index in [0.717, 1.165) is 11.5 Å². The summed E-state index contributed by atoms with van der Waals surface area (Å²) in [6.07, 6.45) is 2.98. The molecule has 17 heavy (non-hydrogen) atoms. The highest BCUT2D eigenvalue weighted by atomic mass is 35.5. The normalized spacial score (nSPS) is 20.9. The first-order valence-electron chi connectivity index (χ1n) is 5.05. The Hall–Kier alpha value is -2.01. The summed E-state index contributed by atoms with van der Waals surface area (Å²) in [6, 6.07) is 7.18. The first kappa shape index (κ1) is 10.2. The molecule has 0 aromatic heterocycles. The molecule has 2 aliphatic rings. The van der Waals surface area contributed by atoms with Crippen LogP contribution >= 0.6 is 11.6 Å². The molecule has 1 aromatic rings. The number of nitrogens with one attached hydrogen (secondary N) is 1. The number of hydrogen-bond acceptors (Lipinski definition) is 5. The Bertz CT molecular complexity index is 556. The molecule has 1 atom stereocenters. The fraction of sp³-hybridized carbons (Fsp3) is 0.0909. The fourth-order valence-electron chi connectivity index (χ4n) is 1.60. The molecular weight excluding hydrogens is 238 g/mol. The molecule has 0 spiro atoms. The summed E-state index contributed by atoms with van der Waals surface area (Å²) in [5.41, 5.74) is 0.907. The first-order chi connectivity index (χ1) is 8.33. The van der Waals surface area contributed by atoms with Crippen molar-refractivity contribution in [2.75, 3.05) is 5.32 Å². The van der Waals surface area contributed by atoms with Crippen LogP contribution in [0.5, 0.6) is 0 Å². The van der Waals surface area contributed by atoms with Crippen molar-refractivity contribution in [3.05, 3.63) is 29.3 Å². The number of benzene rings is 1. The molecule has 0 fully saturated rings. The second-order valence-electron chi connectivity index (χ2n) is 3.55. The molecule has 1 N–H and O–H groups in total. The first-order valence-corrected chi connectivity index (χ1v) is 5.43. The Morgan fingerprint density at radius 3 is 2.71 bits per heavy atom. The van der Waals surface area contributed by atoms with E-state index >= 15 is 0 Å². The number of fused-ring (bicyclic) bond motifs is 1. The topological polar surface area (TPSA) is 61.5 Å². The van der Waals surface area contributed by atoms with E-state index < -0.39 is 0 Å². The van der Waals surface area contributed by atoms with E-state index in [1.807, 2.05) is 24.3 Å². The second kappa shape index (κ2) is 4.10. The Morgan fingerprint density at radius 1 is 1.06 bits per heavy atom. The lowest BCUT2D eigenvalue weighted by Crippen LogP contribution is -2.33. The predicted octanol–water partition coefficient (Wildman–Crippen LogP) is 2.00. The zero-order valence-corrected chi connectivity index (χ0v) is 9.46. The van der Waals surface area contributed by atoms with Gasteiger partial charge in [0.1, 0.15) is 18.5 Å². The van der Waals surface area contributed by atoms with Crippen LogP contribution < -0.4 is 5.32 Å². The summed E-state index contributed by atoms with van der Waals surface area (Å²) < 4.78 is 0. The smallest absolute Gasteiger partial charge is 0.169 e. The number of aliphatic imine (C=N–C) groups is 4. The van der Waals surface area contributed by atoms with E-state index in [2.05, 4.69) is 25.3 Å². The van der Waals surface area contributed by atoms with Crippen molar-refractivity contribution in [3.8, 4) is 0 Å². The minimum Gasteiger partial charge on any atom is -0.341 e. The van der Waals surface area contributed by atoms with E-state index in [0.29, 0.717) is 10.9 Å². The van der Waals surface area contributed by atoms with Crippen LogP contribution in [0.25, 0.3) is 0 Å². The van der Waals surface area contributed by atoms with E-state index in [4.69, 9.17) is 11.6 Å². The molecule has 0 saturated heterocycles. The number of nitrogens with zero attached hydrogens (tertiary/aromatic N) is 4. The molecule has 2 aliphatic heterocycles. The van der Waals surface area contributed by atoms with Gasteiger partial charge in [-0.3, -0.25) is 4.99 Å². The summed E-state index contributed by atoms with van der Waals surface area (Å²) in [7, 11) is 0. The summed E-state index contributed by atoms with van der Waals surface area (Å²) in [6.45, 7) is 0. The Labute approximate surface area is 103 Å². The van der Waals surface area contributed by atoms with Crippen LogP contribution in [-0.2, 0) is 0 Å². The SMILES string of the molecule is Clc1ccc(NC2=NC=NC3=NC=NC32)cc1. The monoisotopic (exact) mass is 245 g/mol. The lowest BCUT2D eigenvalue weighted by Gasteiger charge is -2.15. The molecule has 1 unspecified atom stereocenters. The fourth-order valence-corrected chi connectivity index (χ4v) is 1.72. The van der Waals surface area contributed by atoms with Gasteiger partial charge in [-0.2, -0.15) is 0 Å². The van der Waals surface area contributed by atoms with Crippen LogP contribution in [0.3, 0.4) is 0 Å². The summed E-state index contributed by atoms with van der Waals surface area (Å²) in [5, 5.41) is 3.88. The third-order valence-corrected chi connectivity index (χ3v) is 2.66. The van der Waals surface area contributed by atoms with Gasteiger partial charge in [0.15, 0.2) is 11.9 Å². The molecular formula is C11H8ClN5. The summed E-state index contributed by atoms with van der Waals surface area (Å²) >= 11 is 5.82. The van der Waals surface area contributed by atoms with Crippen molar-refractivity contribution >= 4 is 41.6 Å². The largest absolute Gasteiger partial charge is 0.341 e. The number of anilines is 1. The third kappa shape index (κ3) is 1.97. The Balaban J connectivity index is 1.84. The molecule has 5 nitrogen and oxygen atoms in total. The molecule has 0 bridgehead atoms. The standard InChI is InChI=1S/C11H8ClN5/c12-7-1-3-8(4-2-7)17-11-9-10(14-5-13-9)15-6-16-11/h1-6,9H,(H,13,14,15,16,17). The van der Waals surface area contributed by atoms with Gasteiger partial charge in [0.05, 0.1) is 0 Å². The van der Waals surface area contributed by atoms with E-state index in [-0.39, 0.29) is 6.04 Å². The van der Waals surface area contributed by atoms with E-state index in [1.165, 1.54) is 12.7 Å². The molecule has 0 radical (unpaired) electrons. The van der Waals surface area contributed by atoms with Crippen LogP contribution in [0.2, 0.25) is 5.02 Å². The van der Waals surface area contributed by atoms with Gasteiger partial charge < -0.3 is 5.32 Å². The van der Waals surface area contributed by atoms with Crippen molar-refractivity contribution in [3.63, 3.8) is 0 Å². The van der Waals surface area contributed by atoms with Crippen LogP contribution in [0, 0.1) is 0 Å². The quantitative estimate of drug-likeness (QED) is 0.808. The molecule has 0 aliphatic carbocycles. The van der Waals surface area contributed by atoms with Gasteiger partial charge in [0.2, 0.25) is 0 Å². The predicted molar refractivity (Wildman–Crippen MR) is 70.7 cm³/mol. The average molecular weight is 246 g/mol. The van der Waals surface area contributed by atoms with Crippen LogP contribution in [0.4, 0.5) is 5.69 Å². The van der Waals surface area contributed by atoms with Gasteiger partial charge in [-0.1, -0.05) is 11.6 Å². The minimum absolute atomic E-state index is 0.212. The van der Waals surface area contributed by atoms with Gasteiger partial charge in [-0.25, -0.2) is 15.0 Å². The van der Waals surface area contributed by atoms with E-state index in [1.54, 1.807) is 0 Å². The van der Waals surface area contributed by atoms with Crippen LogP contribution in [0.1, 0.15) is 0 Å². The molecule has 3 rings (SSSR count). The third-order valence-electron chi connectivity index (χ3n) is 2.41. The van der Waals surface area contributed by atoms with Crippen molar-refractivity contribution in [2.24, 2.45) is 20.0 Å². The molecule has 2 heterocycles. The highest BCUT2D eigenvalue weighted by Crippen LogP contribution is 2.16.